The fourth-order valence-corrected chi connectivity index (χ4v) is 2.64. The number of anilines is 1. The lowest BCUT2D eigenvalue weighted by Gasteiger charge is -2.22. The van der Waals surface area contributed by atoms with E-state index < -0.39 is 0 Å². The van der Waals surface area contributed by atoms with Crippen molar-refractivity contribution in [1.29, 1.82) is 0 Å². The fourth-order valence-electron chi connectivity index (χ4n) is 2.29. The summed E-state index contributed by atoms with van der Waals surface area (Å²) < 4.78 is 0. The van der Waals surface area contributed by atoms with Gasteiger partial charge in [-0.1, -0.05) is 35.3 Å². The molecule has 4 nitrogen and oxygen atoms in total. The van der Waals surface area contributed by atoms with Gasteiger partial charge in [0.1, 0.15) is 6.54 Å². The summed E-state index contributed by atoms with van der Waals surface area (Å²) in [4.78, 5) is 25.6. The number of carbonyl (C=O) groups is 2. The lowest BCUT2D eigenvalue weighted by molar-refractivity contribution is -0.123. The minimum atomic E-state index is -0.241. The van der Waals surface area contributed by atoms with E-state index in [1.165, 1.54) is 11.8 Å². The molecule has 0 atom stereocenters. The number of carbonyl (C=O) groups excluding carboxylic acids is 2. The van der Waals surface area contributed by atoms with Crippen molar-refractivity contribution in [1.82, 2.24) is 5.32 Å². The lowest BCUT2D eigenvalue weighted by Crippen LogP contribution is -2.39. The molecule has 0 fully saturated rings. The highest BCUT2D eigenvalue weighted by Crippen LogP contribution is 2.23. The Morgan fingerprint density at radius 1 is 1.04 bits per heavy atom. The zero-order valence-electron chi connectivity index (χ0n) is 13.5. The van der Waals surface area contributed by atoms with Gasteiger partial charge in [-0.25, -0.2) is 0 Å². The van der Waals surface area contributed by atoms with E-state index in [9.17, 15) is 9.59 Å². The Balaban J connectivity index is 2.03. The smallest absolute Gasteiger partial charge is 0.240 e. The maximum absolute atomic E-state index is 12.2. The molecule has 0 spiro atoms. The average molecular weight is 365 g/mol. The molecule has 0 heterocycles. The molecule has 2 aromatic rings. The average Bonchev–Trinajstić information content (AvgIpc) is 2.52. The molecule has 126 valence electrons. The molecule has 0 aromatic heterocycles. The predicted molar refractivity (Wildman–Crippen MR) is 97.5 cm³/mol. The van der Waals surface area contributed by atoms with Gasteiger partial charge in [0.25, 0.3) is 0 Å². The molecule has 24 heavy (non-hydrogen) atoms. The molecule has 2 amide bonds. The molecule has 1 N–H and O–H groups in total. The van der Waals surface area contributed by atoms with Gasteiger partial charge in [-0.05, 0) is 48.4 Å². The van der Waals surface area contributed by atoms with Gasteiger partial charge in [-0.15, -0.1) is 0 Å². The van der Waals surface area contributed by atoms with Crippen LogP contribution in [0.2, 0.25) is 10.0 Å². The van der Waals surface area contributed by atoms with Crippen molar-refractivity contribution < 1.29 is 9.59 Å². The first kappa shape index (κ1) is 18.3. The van der Waals surface area contributed by atoms with Crippen molar-refractivity contribution in [3.05, 3.63) is 63.6 Å². The summed E-state index contributed by atoms with van der Waals surface area (Å²) in [5.74, 6) is -0.448. The second kappa shape index (κ2) is 8.18. The summed E-state index contributed by atoms with van der Waals surface area (Å²) in [7, 11) is 0. The molecular formula is C18H18Cl2N2O2. The number of hydrogen-bond acceptors (Lipinski definition) is 2. The highest BCUT2D eigenvalue weighted by Gasteiger charge is 2.17. The molecule has 0 saturated heterocycles. The Kier molecular flexibility index (Phi) is 6.23. The van der Waals surface area contributed by atoms with Crippen LogP contribution in [0.1, 0.15) is 18.1 Å². The molecule has 0 aliphatic rings. The van der Waals surface area contributed by atoms with Crippen LogP contribution in [0.15, 0.2) is 42.5 Å². The first-order chi connectivity index (χ1) is 11.4. The first-order valence-corrected chi connectivity index (χ1v) is 8.18. The second-order valence-electron chi connectivity index (χ2n) is 5.44. The van der Waals surface area contributed by atoms with Gasteiger partial charge in [-0.3, -0.25) is 9.59 Å². The summed E-state index contributed by atoms with van der Waals surface area (Å²) in [6.07, 6.45) is 0. The predicted octanol–water partition coefficient (Wildman–Crippen LogP) is 3.97. The Bertz CT molecular complexity index is 745. The van der Waals surface area contributed by atoms with Crippen LogP contribution < -0.4 is 10.2 Å². The van der Waals surface area contributed by atoms with Gasteiger partial charge >= 0.3 is 0 Å². The van der Waals surface area contributed by atoms with Crippen LogP contribution in [0, 0.1) is 6.92 Å². The first-order valence-electron chi connectivity index (χ1n) is 7.42. The third-order valence-electron chi connectivity index (χ3n) is 3.53. The summed E-state index contributed by atoms with van der Waals surface area (Å²) in [5, 5.41) is 4.04. The third-order valence-corrected chi connectivity index (χ3v) is 4.02. The highest BCUT2D eigenvalue weighted by atomic mass is 35.5. The number of nitrogens with zero attached hydrogens (tertiary/aromatic N) is 1. The number of amides is 2. The fraction of sp³-hybridized carbons (Fsp3) is 0.222. The topological polar surface area (TPSA) is 49.4 Å². The van der Waals surface area contributed by atoms with Gasteiger partial charge < -0.3 is 10.2 Å². The van der Waals surface area contributed by atoms with Crippen LogP contribution in [0.5, 0.6) is 0 Å². The van der Waals surface area contributed by atoms with Crippen molar-refractivity contribution in [2.24, 2.45) is 0 Å². The maximum atomic E-state index is 12.2. The van der Waals surface area contributed by atoms with E-state index in [1.807, 2.05) is 19.1 Å². The molecule has 0 unspecified atom stereocenters. The van der Waals surface area contributed by atoms with Gasteiger partial charge in [0.2, 0.25) is 11.8 Å². The standard InChI is InChI=1S/C18H18Cl2N2O2/c1-12-9-16(20)7-8-17(12)22(13(2)23)11-18(24)21-10-14-3-5-15(19)6-4-14/h3-9H,10-11H2,1-2H3,(H,21,24). The SMILES string of the molecule is CC(=O)N(CC(=O)NCc1ccc(Cl)cc1)c1ccc(Cl)cc1C. The molecule has 2 rings (SSSR count). The Hall–Kier alpha value is -2.04. The van der Waals surface area contributed by atoms with E-state index in [-0.39, 0.29) is 18.4 Å². The molecule has 2 aromatic carbocycles. The number of aryl methyl sites for hydroxylation is 1. The van der Waals surface area contributed by atoms with Crippen LogP contribution >= 0.6 is 23.2 Å². The summed E-state index contributed by atoms with van der Waals surface area (Å²) >= 11 is 11.8. The van der Waals surface area contributed by atoms with Gasteiger partial charge in [0, 0.05) is 29.2 Å². The third kappa shape index (κ3) is 4.98. The molecule has 0 bridgehead atoms. The molecule has 0 aliphatic carbocycles. The van der Waals surface area contributed by atoms with Gasteiger partial charge in [-0.2, -0.15) is 0 Å². The Morgan fingerprint density at radius 3 is 2.25 bits per heavy atom. The highest BCUT2D eigenvalue weighted by molar-refractivity contribution is 6.31. The lowest BCUT2D eigenvalue weighted by atomic mass is 10.1. The molecule has 6 heteroatoms. The number of benzene rings is 2. The van der Waals surface area contributed by atoms with Crippen molar-refractivity contribution >= 4 is 40.7 Å². The van der Waals surface area contributed by atoms with Crippen LogP contribution in [0.3, 0.4) is 0 Å². The summed E-state index contributed by atoms with van der Waals surface area (Å²) in [5.41, 5.74) is 2.45. The number of halogens is 2. The summed E-state index contributed by atoms with van der Waals surface area (Å²) in [6, 6.07) is 12.4. The number of rotatable bonds is 5. The van der Waals surface area contributed by atoms with Gasteiger partial charge in [0.15, 0.2) is 0 Å². The molecule has 0 aliphatic heterocycles. The zero-order chi connectivity index (χ0) is 17.7. The Labute approximate surface area is 151 Å². The largest absolute Gasteiger partial charge is 0.350 e. The van der Waals surface area contributed by atoms with Crippen molar-refractivity contribution in [2.75, 3.05) is 11.4 Å². The van der Waals surface area contributed by atoms with Crippen molar-refractivity contribution in [3.8, 4) is 0 Å². The van der Waals surface area contributed by atoms with Crippen molar-refractivity contribution in [3.63, 3.8) is 0 Å². The van der Waals surface area contributed by atoms with Crippen LogP contribution in [-0.2, 0) is 16.1 Å². The van der Waals surface area contributed by atoms with E-state index in [2.05, 4.69) is 5.32 Å². The van der Waals surface area contributed by atoms with E-state index >= 15 is 0 Å². The van der Waals surface area contributed by atoms with E-state index in [0.717, 1.165) is 11.1 Å². The molecule has 0 saturated carbocycles. The monoisotopic (exact) mass is 364 g/mol. The van der Waals surface area contributed by atoms with Crippen LogP contribution in [-0.4, -0.2) is 18.4 Å². The van der Waals surface area contributed by atoms with Crippen LogP contribution in [0.4, 0.5) is 5.69 Å². The number of nitrogens with one attached hydrogen (secondary N) is 1. The van der Waals surface area contributed by atoms with E-state index in [1.54, 1.807) is 30.3 Å². The quantitative estimate of drug-likeness (QED) is 0.872. The maximum Gasteiger partial charge on any atom is 0.240 e. The minimum Gasteiger partial charge on any atom is -0.350 e. The van der Waals surface area contributed by atoms with Crippen molar-refractivity contribution in [2.45, 2.75) is 20.4 Å². The normalized spacial score (nSPS) is 10.3. The summed E-state index contributed by atoms with van der Waals surface area (Å²) in [6.45, 7) is 3.61. The number of hydrogen-bond donors (Lipinski definition) is 1. The van der Waals surface area contributed by atoms with E-state index in [4.69, 9.17) is 23.2 Å². The van der Waals surface area contributed by atoms with Gasteiger partial charge in [0.05, 0.1) is 0 Å². The second-order valence-corrected chi connectivity index (χ2v) is 6.31. The minimum absolute atomic E-state index is 0.0502. The molecular weight excluding hydrogens is 347 g/mol. The molecule has 0 radical (unpaired) electrons. The van der Waals surface area contributed by atoms with Crippen LogP contribution in [0.25, 0.3) is 0 Å². The zero-order valence-corrected chi connectivity index (χ0v) is 15.0. The Morgan fingerprint density at radius 2 is 1.67 bits per heavy atom. The van der Waals surface area contributed by atoms with E-state index in [0.29, 0.717) is 22.3 Å².